The summed E-state index contributed by atoms with van der Waals surface area (Å²) < 4.78 is 9.36. The Hall–Kier alpha value is -2.95. The summed E-state index contributed by atoms with van der Waals surface area (Å²) >= 11 is 0. The molecule has 0 fully saturated rings. The van der Waals surface area contributed by atoms with Crippen molar-refractivity contribution in [2.24, 2.45) is 0 Å². The van der Waals surface area contributed by atoms with Gasteiger partial charge < -0.3 is 9.47 Å². The van der Waals surface area contributed by atoms with Crippen LogP contribution in [0.25, 0.3) is 0 Å². The van der Waals surface area contributed by atoms with Gasteiger partial charge in [0.25, 0.3) is 0 Å². The fourth-order valence-corrected chi connectivity index (χ4v) is 1.71. The Kier molecular flexibility index (Phi) is 5.43. The van der Waals surface area contributed by atoms with Crippen LogP contribution in [-0.4, -0.2) is 30.9 Å². The minimum absolute atomic E-state index is 0.341. The van der Waals surface area contributed by atoms with Crippen molar-refractivity contribution < 1.29 is 23.9 Å². The fraction of sp³-hybridized carbons (Fsp3) is 0.118. The number of hydrogen-bond donors (Lipinski definition) is 0. The van der Waals surface area contributed by atoms with Crippen LogP contribution in [0.2, 0.25) is 0 Å². The lowest BCUT2D eigenvalue weighted by Crippen LogP contribution is -2.18. The third-order valence-corrected chi connectivity index (χ3v) is 2.83. The average molecular weight is 298 g/mol. The highest BCUT2D eigenvalue weighted by Crippen LogP contribution is 2.02. The summed E-state index contributed by atoms with van der Waals surface area (Å²) in [6.07, 6.45) is -1.05. The molecule has 0 aliphatic carbocycles. The van der Waals surface area contributed by atoms with E-state index in [0.29, 0.717) is 11.1 Å². The van der Waals surface area contributed by atoms with Crippen molar-refractivity contribution in [2.75, 3.05) is 13.2 Å². The molecule has 5 nitrogen and oxygen atoms in total. The van der Waals surface area contributed by atoms with Crippen molar-refractivity contribution in [3.05, 3.63) is 71.8 Å². The molecule has 0 spiro atoms. The largest absolute Gasteiger partial charge is 0.509 e. The van der Waals surface area contributed by atoms with Crippen LogP contribution in [0, 0.1) is 0 Å². The highest BCUT2D eigenvalue weighted by atomic mass is 16.7. The SMILES string of the molecule is O=C(OCC(=O)c1ccccc1)OCC(=O)c1ccccc1. The second kappa shape index (κ2) is 7.73. The number of carbonyl (C=O) groups is 3. The first-order valence-electron chi connectivity index (χ1n) is 6.63. The molecule has 5 heteroatoms. The Morgan fingerprint density at radius 3 is 1.36 bits per heavy atom. The van der Waals surface area contributed by atoms with Crippen LogP contribution >= 0.6 is 0 Å². The Morgan fingerprint density at radius 1 is 0.636 bits per heavy atom. The maximum absolute atomic E-state index is 11.7. The molecule has 0 bridgehead atoms. The summed E-state index contributed by atoms with van der Waals surface area (Å²) in [5.74, 6) is -0.682. The van der Waals surface area contributed by atoms with Gasteiger partial charge in [0.15, 0.2) is 24.8 Å². The Balaban J connectivity index is 1.74. The molecule has 2 aromatic carbocycles. The zero-order valence-corrected chi connectivity index (χ0v) is 11.7. The van der Waals surface area contributed by atoms with Crippen molar-refractivity contribution in [3.8, 4) is 0 Å². The molecule has 2 rings (SSSR count). The Morgan fingerprint density at radius 2 is 1.00 bits per heavy atom. The van der Waals surface area contributed by atoms with Gasteiger partial charge in [-0.2, -0.15) is 0 Å². The van der Waals surface area contributed by atoms with Gasteiger partial charge in [0.05, 0.1) is 0 Å². The van der Waals surface area contributed by atoms with Crippen LogP contribution in [0.4, 0.5) is 4.79 Å². The molecular weight excluding hydrogens is 284 g/mol. The van der Waals surface area contributed by atoms with Crippen molar-refractivity contribution in [1.82, 2.24) is 0 Å². The highest BCUT2D eigenvalue weighted by molar-refractivity contribution is 5.98. The van der Waals surface area contributed by atoms with Gasteiger partial charge in [0.2, 0.25) is 0 Å². The van der Waals surface area contributed by atoms with E-state index in [4.69, 9.17) is 0 Å². The molecule has 0 amide bonds. The van der Waals surface area contributed by atoms with Crippen molar-refractivity contribution in [2.45, 2.75) is 0 Å². The smallest absolute Gasteiger partial charge is 0.426 e. The van der Waals surface area contributed by atoms with Crippen LogP contribution in [0.5, 0.6) is 0 Å². The standard InChI is InChI=1S/C17H14O5/c18-15(13-7-3-1-4-8-13)11-21-17(20)22-12-16(19)14-9-5-2-6-10-14/h1-10H,11-12H2. The molecule has 0 heterocycles. The summed E-state index contributed by atoms with van der Waals surface area (Å²) in [5, 5.41) is 0. The number of benzene rings is 2. The molecule has 112 valence electrons. The number of ketones is 2. The van der Waals surface area contributed by atoms with E-state index in [1.807, 2.05) is 0 Å². The zero-order valence-electron chi connectivity index (χ0n) is 11.7. The molecule has 0 radical (unpaired) electrons. The Bertz CT molecular complexity index is 592. The second-order valence-electron chi connectivity index (χ2n) is 4.41. The van der Waals surface area contributed by atoms with Gasteiger partial charge in [-0.25, -0.2) is 4.79 Å². The summed E-state index contributed by atoms with van der Waals surface area (Å²) in [5.41, 5.74) is 0.881. The van der Waals surface area contributed by atoms with E-state index in [1.54, 1.807) is 60.7 Å². The minimum Gasteiger partial charge on any atom is -0.426 e. The van der Waals surface area contributed by atoms with Gasteiger partial charge in [-0.3, -0.25) is 9.59 Å². The van der Waals surface area contributed by atoms with E-state index in [2.05, 4.69) is 9.47 Å². The molecule has 0 atom stereocenters. The van der Waals surface area contributed by atoms with E-state index >= 15 is 0 Å². The van der Waals surface area contributed by atoms with Crippen LogP contribution < -0.4 is 0 Å². The molecular formula is C17H14O5. The average Bonchev–Trinajstić information content (AvgIpc) is 2.59. The zero-order chi connectivity index (χ0) is 15.8. The fourth-order valence-electron chi connectivity index (χ4n) is 1.71. The maximum Gasteiger partial charge on any atom is 0.509 e. The van der Waals surface area contributed by atoms with Crippen molar-refractivity contribution in [3.63, 3.8) is 0 Å². The molecule has 22 heavy (non-hydrogen) atoms. The van der Waals surface area contributed by atoms with E-state index in [0.717, 1.165) is 0 Å². The van der Waals surface area contributed by atoms with Crippen molar-refractivity contribution >= 4 is 17.7 Å². The van der Waals surface area contributed by atoms with Crippen LogP contribution in [-0.2, 0) is 9.47 Å². The lowest BCUT2D eigenvalue weighted by molar-refractivity contribution is 0.0467. The predicted octanol–water partition coefficient (Wildman–Crippen LogP) is 2.91. The third-order valence-electron chi connectivity index (χ3n) is 2.83. The number of carbonyl (C=O) groups excluding carboxylic acids is 3. The molecule has 0 unspecified atom stereocenters. The number of hydrogen-bond acceptors (Lipinski definition) is 5. The summed E-state index contributed by atoms with van der Waals surface area (Å²) in [4.78, 5) is 34.8. The molecule has 0 N–H and O–H groups in total. The van der Waals surface area contributed by atoms with Gasteiger partial charge in [-0.1, -0.05) is 60.7 Å². The summed E-state index contributed by atoms with van der Waals surface area (Å²) in [6, 6.07) is 16.9. The summed E-state index contributed by atoms with van der Waals surface area (Å²) in [7, 11) is 0. The lowest BCUT2D eigenvalue weighted by atomic mass is 10.1. The maximum atomic E-state index is 11.7. The normalized spacial score (nSPS) is 9.82. The van der Waals surface area contributed by atoms with Gasteiger partial charge in [0.1, 0.15) is 0 Å². The van der Waals surface area contributed by atoms with Crippen LogP contribution in [0.15, 0.2) is 60.7 Å². The molecule has 0 aliphatic heterocycles. The molecule has 2 aromatic rings. The lowest BCUT2D eigenvalue weighted by Gasteiger charge is -2.05. The van der Waals surface area contributed by atoms with E-state index in [9.17, 15) is 14.4 Å². The first kappa shape index (κ1) is 15.4. The van der Waals surface area contributed by atoms with Gasteiger partial charge in [0, 0.05) is 11.1 Å². The molecule has 0 aromatic heterocycles. The van der Waals surface area contributed by atoms with Gasteiger partial charge in [-0.05, 0) is 0 Å². The van der Waals surface area contributed by atoms with Crippen LogP contribution in [0.1, 0.15) is 20.7 Å². The van der Waals surface area contributed by atoms with Crippen LogP contribution in [0.3, 0.4) is 0 Å². The highest BCUT2D eigenvalue weighted by Gasteiger charge is 2.13. The quantitative estimate of drug-likeness (QED) is 0.606. The Labute approximate surface area is 127 Å². The number of Topliss-reactive ketones (excluding diaryl/α,β-unsaturated/α-hetero) is 2. The van der Waals surface area contributed by atoms with Gasteiger partial charge >= 0.3 is 6.16 Å². The molecule has 0 aliphatic rings. The van der Waals surface area contributed by atoms with E-state index in [-0.39, 0.29) is 11.6 Å². The minimum atomic E-state index is -1.05. The molecule has 0 saturated heterocycles. The summed E-state index contributed by atoms with van der Waals surface area (Å²) in [6.45, 7) is -0.856. The topological polar surface area (TPSA) is 69.7 Å². The third kappa shape index (κ3) is 4.56. The number of ether oxygens (including phenoxy) is 2. The van der Waals surface area contributed by atoms with Gasteiger partial charge in [-0.15, -0.1) is 0 Å². The molecule has 0 saturated carbocycles. The first-order chi connectivity index (χ1) is 10.7. The number of rotatable bonds is 6. The van der Waals surface area contributed by atoms with E-state index in [1.165, 1.54) is 0 Å². The monoisotopic (exact) mass is 298 g/mol. The predicted molar refractivity (Wildman–Crippen MR) is 78.8 cm³/mol. The second-order valence-corrected chi connectivity index (χ2v) is 4.41. The van der Waals surface area contributed by atoms with Crippen molar-refractivity contribution in [1.29, 1.82) is 0 Å². The first-order valence-corrected chi connectivity index (χ1v) is 6.63. The van der Waals surface area contributed by atoms with E-state index < -0.39 is 19.4 Å².